The highest BCUT2D eigenvalue weighted by Gasteiger charge is 2.39. The van der Waals surface area contributed by atoms with Crippen LogP contribution in [-0.2, 0) is 39.8 Å². The lowest BCUT2D eigenvalue weighted by Gasteiger charge is -2.24. The topological polar surface area (TPSA) is 189 Å². The maximum atomic E-state index is 14.6. The fraction of sp³-hybridized carbons (Fsp3) is 0.351. The second-order valence-electron chi connectivity index (χ2n) is 12.4. The molecule has 3 aromatic carbocycles. The Labute approximate surface area is 308 Å². The molecule has 1 N–H and O–H groups in total. The molecule has 4 aromatic rings. The summed E-state index contributed by atoms with van der Waals surface area (Å²) < 4.78 is 44.6. The van der Waals surface area contributed by atoms with Crippen LogP contribution in [0.15, 0.2) is 91.0 Å². The third kappa shape index (κ3) is 11.2. The molecule has 15 nitrogen and oxygen atoms in total. The van der Waals surface area contributed by atoms with Gasteiger partial charge in [0.15, 0.2) is 5.82 Å². The molecular weight excluding hydrogens is 710 g/mol. The van der Waals surface area contributed by atoms with E-state index in [1.165, 1.54) is 71.5 Å². The van der Waals surface area contributed by atoms with Crippen molar-refractivity contribution in [2.24, 2.45) is 0 Å². The van der Waals surface area contributed by atoms with Crippen molar-refractivity contribution in [2.75, 3.05) is 6.54 Å². The van der Waals surface area contributed by atoms with Crippen molar-refractivity contribution < 1.29 is 47.4 Å². The largest absolute Gasteiger partial charge is 0.519 e. The third-order valence-corrected chi connectivity index (χ3v) is 8.53. The molecule has 1 saturated heterocycles. The number of ether oxygens (including phenoxy) is 3. The van der Waals surface area contributed by atoms with Gasteiger partial charge in [-0.05, 0) is 54.3 Å². The Morgan fingerprint density at radius 2 is 1.65 bits per heavy atom. The lowest BCUT2D eigenvalue weighted by molar-refractivity contribution is -0.384. The first kappa shape index (κ1) is 39.1. The number of aromatic nitrogens is 4. The van der Waals surface area contributed by atoms with Crippen molar-refractivity contribution in [3.8, 4) is 11.5 Å². The first-order valence-corrected chi connectivity index (χ1v) is 17.2. The Morgan fingerprint density at radius 3 is 2.33 bits per heavy atom. The Balaban J connectivity index is 0.952. The van der Waals surface area contributed by atoms with Crippen LogP contribution >= 0.6 is 0 Å². The number of hydrogen-bond acceptors (Lipinski definition) is 12. The van der Waals surface area contributed by atoms with Gasteiger partial charge in [-0.25, -0.2) is 4.79 Å². The van der Waals surface area contributed by atoms with Gasteiger partial charge < -0.3 is 24.2 Å². The quantitative estimate of drug-likeness (QED) is 0.0327. The Kier molecular flexibility index (Phi) is 13.5. The minimum Gasteiger partial charge on any atom is -0.440 e. The van der Waals surface area contributed by atoms with Crippen LogP contribution in [0.25, 0.3) is 0 Å². The monoisotopic (exact) mass is 748 g/mol. The fourth-order valence-corrected chi connectivity index (χ4v) is 5.65. The number of aryl methyl sites for hydroxylation is 1. The highest BCUT2D eigenvalue weighted by atomic mass is 19.3. The molecule has 0 aliphatic carbocycles. The van der Waals surface area contributed by atoms with E-state index in [1.807, 2.05) is 0 Å². The SMILES string of the molecule is O=C(Cc1ccc(OC(=O)Oc2ccc([N+](=O)[O-])cc2)cc1)OCn1nnc(CCCCCCN2C(=O)CC[C@@H]2/C=C/[C@@H](O)C(F)(F)c2ccccc2)n1. The van der Waals surface area contributed by atoms with Crippen LogP contribution in [-0.4, -0.2) is 71.9 Å². The summed E-state index contributed by atoms with van der Waals surface area (Å²) in [5.74, 6) is -3.32. The number of amides is 1. The standard InChI is InChI=1S/C37H38F2N6O9/c38-37(39,27-8-4-3-5-9-27)32(46)21-15-28-16-22-34(47)43(28)23-7-2-1-6-10-33-40-42-44(41-33)25-52-35(48)24-26-11-17-30(18-12-26)53-36(49)54-31-19-13-29(14-20-31)45(50)51/h3-5,8-9,11-15,17-21,28,32,46H,1-2,6-7,10,16,22-25H2/b21-15+/t28-,32+/m0/s1. The number of carbonyl (C=O) groups excluding carboxylic acids is 3. The number of benzene rings is 3. The third-order valence-electron chi connectivity index (χ3n) is 8.53. The predicted octanol–water partition coefficient (Wildman–Crippen LogP) is 5.71. The van der Waals surface area contributed by atoms with Gasteiger partial charge in [-0.3, -0.25) is 19.7 Å². The number of non-ortho nitro benzene ring substituents is 1. The van der Waals surface area contributed by atoms with Crippen LogP contribution in [0, 0.1) is 10.1 Å². The summed E-state index contributed by atoms with van der Waals surface area (Å²) in [6.07, 6.45) is 3.99. The van der Waals surface area contributed by atoms with Crippen LogP contribution in [0.3, 0.4) is 0 Å². The smallest absolute Gasteiger partial charge is 0.440 e. The number of carbonyl (C=O) groups is 3. The average Bonchev–Trinajstić information content (AvgIpc) is 3.77. The number of aliphatic hydroxyl groups excluding tert-OH is 1. The molecular formula is C37H38F2N6O9. The molecule has 1 amide bonds. The Hall–Kier alpha value is -6.10. The van der Waals surface area contributed by atoms with Gasteiger partial charge in [-0.1, -0.05) is 67.5 Å². The number of hydrogen-bond donors (Lipinski definition) is 1. The van der Waals surface area contributed by atoms with Gasteiger partial charge in [-0.15, -0.1) is 15.0 Å². The number of nitro groups is 1. The molecule has 1 fully saturated rings. The second-order valence-corrected chi connectivity index (χ2v) is 12.4. The summed E-state index contributed by atoms with van der Waals surface area (Å²) in [6.45, 7) is 0.249. The van der Waals surface area contributed by atoms with Crippen LogP contribution in [0.4, 0.5) is 19.3 Å². The summed E-state index contributed by atoms with van der Waals surface area (Å²) in [5, 5.41) is 33.1. The Bertz CT molecular complexity index is 1910. The molecule has 0 spiro atoms. The maximum absolute atomic E-state index is 14.6. The average molecular weight is 749 g/mol. The number of unbranched alkanes of at least 4 members (excludes halogenated alkanes) is 3. The lowest BCUT2D eigenvalue weighted by Crippen LogP contribution is -2.34. The number of aliphatic hydroxyl groups is 1. The molecule has 2 heterocycles. The van der Waals surface area contributed by atoms with Crippen molar-refractivity contribution in [2.45, 2.75) is 76.2 Å². The van der Waals surface area contributed by atoms with Crippen molar-refractivity contribution in [3.05, 3.63) is 118 Å². The van der Waals surface area contributed by atoms with E-state index in [9.17, 15) is 38.4 Å². The first-order valence-electron chi connectivity index (χ1n) is 17.2. The minimum absolute atomic E-state index is 0.0401. The summed E-state index contributed by atoms with van der Waals surface area (Å²) >= 11 is 0. The number of likely N-dealkylation sites (tertiary alicyclic amines) is 1. The van der Waals surface area contributed by atoms with Crippen molar-refractivity contribution >= 4 is 23.7 Å². The summed E-state index contributed by atoms with van der Waals surface area (Å²) in [5.41, 5.74) is 0.162. The molecule has 5 rings (SSSR count). The lowest BCUT2D eigenvalue weighted by atomic mass is 10.0. The first-order chi connectivity index (χ1) is 26.0. The fourth-order valence-electron chi connectivity index (χ4n) is 5.65. The number of esters is 1. The molecule has 1 aromatic heterocycles. The van der Waals surface area contributed by atoms with Gasteiger partial charge in [0.1, 0.15) is 17.6 Å². The van der Waals surface area contributed by atoms with E-state index >= 15 is 0 Å². The van der Waals surface area contributed by atoms with Crippen LogP contribution in [0.5, 0.6) is 11.5 Å². The van der Waals surface area contributed by atoms with E-state index in [1.54, 1.807) is 23.1 Å². The highest BCUT2D eigenvalue weighted by Crippen LogP contribution is 2.33. The van der Waals surface area contributed by atoms with Crippen molar-refractivity contribution in [1.82, 2.24) is 25.1 Å². The molecule has 1 aliphatic heterocycles. The normalized spacial score (nSPS) is 15.0. The number of nitrogens with zero attached hydrogens (tertiary/aromatic N) is 6. The molecule has 2 atom stereocenters. The van der Waals surface area contributed by atoms with E-state index in [4.69, 9.17) is 14.2 Å². The Morgan fingerprint density at radius 1 is 0.981 bits per heavy atom. The number of halogens is 2. The molecule has 284 valence electrons. The zero-order valence-electron chi connectivity index (χ0n) is 29.0. The number of rotatable bonds is 18. The molecule has 54 heavy (non-hydrogen) atoms. The van der Waals surface area contributed by atoms with E-state index in [0.717, 1.165) is 31.8 Å². The van der Waals surface area contributed by atoms with Gasteiger partial charge >= 0.3 is 18.0 Å². The van der Waals surface area contributed by atoms with Gasteiger partial charge in [-0.2, -0.15) is 8.78 Å². The number of tetrazole rings is 1. The van der Waals surface area contributed by atoms with Gasteiger partial charge in [0, 0.05) is 37.1 Å². The summed E-state index contributed by atoms with van der Waals surface area (Å²) in [6, 6.07) is 17.8. The zero-order valence-corrected chi connectivity index (χ0v) is 29.0. The molecule has 0 radical (unpaired) electrons. The maximum Gasteiger partial charge on any atom is 0.519 e. The van der Waals surface area contributed by atoms with Crippen molar-refractivity contribution in [3.63, 3.8) is 0 Å². The van der Waals surface area contributed by atoms with Gasteiger partial charge in [0.2, 0.25) is 12.6 Å². The van der Waals surface area contributed by atoms with E-state index in [-0.39, 0.29) is 47.9 Å². The van der Waals surface area contributed by atoms with Crippen LogP contribution in [0.2, 0.25) is 0 Å². The van der Waals surface area contributed by atoms with Gasteiger partial charge in [0.05, 0.1) is 17.4 Å². The molecule has 1 aliphatic rings. The molecule has 0 bridgehead atoms. The minimum atomic E-state index is -3.45. The second kappa shape index (κ2) is 18.6. The highest BCUT2D eigenvalue weighted by molar-refractivity contribution is 5.79. The van der Waals surface area contributed by atoms with Crippen LogP contribution < -0.4 is 9.47 Å². The molecule has 0 unspecified atom stereocenters. The number of nitro benzene ring substituents is 1. The van der Waals surface area contributed by atoms with Crippen LogP contribution in [0.1, 0.15) is 55.5 Å². The zero-order chi connectivity index (χ0) is 38.5. The molecule has 0 saturated carbocycles. The summed E-state index contributed by atoms with van der Waals surface area (Å²) in [7, 11) is 0. The predicted molar refractivity (Wildman–Crippen MR) is 186 cm³/mol. The summed E-state index contributed by atoms with van der Waals surface area (Å²) in [4.78, 5) is 49.8. The van der Waals surface area contributed by atoms with E-state index in [0.29, 0.717) is 37.2 Å². The van der Waals surface area contributed by atoms with E-state index in [2.05, 4.69) is 15.4 Å². The van der Waals surface area contributed by atoms with Crippen molar-refractivity contribution in [1.29, 1.82) is 0 Å². The molecule has 17 heteroatoms. The van der Waals surface area contributed by atoms with Gasteiger partial charge in [0.25, 0.3) is 5.69 Å². The van der Waals surface area contributed by atoms with E-state index < -0.39 is 29.1 Å². The number of alkyl halides is 2.